The van der Waals surface area contributed by atoms with Gasteiger partial charge in [0.1, 0.15) is 0 Å². The van der Waals surface area contributed by atoms with Crippen molar-refractivity contribution in [3.8, 4) is 0 Å². The van der Waals surface area contributed by atoms with Gasteiger partial charge in [0.2, 0.25) is 5.91 Å². The zero-order valence-corrected chi connectivity index (χ0v) is 11.7. The van der Waals surface area contributed by atoms with E-state index in [-0.39, 0.29) is 25.0 Å². The Morgan fingerprint density at radius 1 is 1.37 bits per heavy atom. The highest BCUT2D eigenvalue weighted by atomic mass is 16.5. The monoisotopic (exact) mass is 272 g/mol. The molecule has 1 heterocycles. The highest BCUT2D eigenvalue weighted by molar-refractivity contribution is 5.80. The number of ether oxygens (including phenoxy) is 1. The van der Waals surface area contributed by atoms with Crippen LogP contribution in [0.3, 0.4) is 0 Å². The Morgan fingerprint density at radius 2 is 2.00 bits per heavy atom. The van der Waals surface area contributed by atoms with Crippen LogP contribution in [0.1, 0.15) is 33.1 Å². The number of carboxylic acid groups (broad SMARTS) is 1. The van der Waals surface area contributed by atoms with Crippen molar-refractivity contribution in [1.82, 2.24) is 10.6 Å². The quantitative estimate of drug-likeness (QED) is 0.623. The van der Waals surface area contributed by atoms with Crippen LogP contribution in [0.4, 0.5) is 0 Å². The van der Waals surface area contributed by atoms with Gasteiger partial charge in [0.05, 0.1) is 12.0 Å². The number of nitrogens with one attached hydrogen (secondary N) is 2. The van der Waals surface area contributed by atoms with Gasteiger partial charge in [-0.25, -0.2) is 0 Å². The first-order chi connectivity index (χ1) is 9.00. The van der Waals surface area contributed by atoms with Crippen LogP contribution in [-0.2, 0) is 14.3 Å². The summed E-state index contributed by atoms with van der Waals surface area (Å²) in [5.74, 6) is -1.02. The molecular weight excluding hydrogens is 248 g/mol. The van der Waals surface area contributed by atoms with E-state index < -0.39 is 11.4 Å². The molecular formula is C13H24N2O4. The van der Waals surface area contributed by atoms with Crippen LogP contribution in [0.5, 0.6) is 0 Å². The fourth-order valence-corrected chi connectivity index (χ4v) is 1.97. The van der Waals surface area contributed by atoms with Crippen LogP contribution in [0.2, 0.25) is 0 Å². The van der Waals surface area contributed by atoms with Crippen LogP contribution in [0.15, 0.2) is 0 Å². The molecule has 3 N–H and O–H groups in total. The number of hydrogen-bond donors (Lipinski definition) is 3. The predicted octanol–water partition coefficient (Wildman–Crippen LogP) is 0.372. The molecule has 19 heavy (non-hydrogen) atoms. The van der Waals surface area contributed by atoms with Crippen LogP contribution in [-0.4, -0.2) is 49.3 Å². The Morgan fingerprint density at radius 3 is 2.53 bits per heavy atom. The standard InChI is InChI=1S/C13H24N2O4/c1-3-10(2)14-8-11(16)15-9-13(12(17)18)4-6-19-7-5-13/h10,14H,3-9H2,1-2H3,(H,15,16)(H,17,18). The van der Waals surface area contributed by atoms with Crippen molar-refractivity contribution in [2.75, 3.05) is 26.3 Å². The first-order valence-electron chi connectivity index (χ1n) is 6.81. The summed E-state index contributed by atoms with van der Waals surface area (Å²) in [6, 6.07) is 0.280. The smallest absolute Gasteiger partial charge is 0.311 e. The topological polar surface area (TPSA) is 87.7 Å². The largest absolute Gasteiger partial charge is 0.481 e. The zero-order chi connectivity index (χ0) is 14.3. The lowest BCUT2D eigenvalue weighted by Gasteiger charge is -2.33. The van der Waals surface area contributed by atoms with Gasteiger partial charge in [-0.15, -0.1) is 0 Å². The van der Waals surface area contributed by atoms with E-state index in [0.29, 0.717) is 26.1 Å². The number of carbonyl (C=O) groups excluding carboxylic acids is 1. The third kappa shape index (κ3) is 4.80. The fourth-order valence-electron chi connectivity index (χ4n) is 1.97. The fraction of sp³-hybridized carbons (Fsp3) is 0.846. The zero-order valence-electron chi connectivity index (χ0n) is 11.7. The number of aliphatic carboxylic acids is 1. The van der Waals surface area contributed by atoms with Gasteiger partial charge >= 0.3 is 5.97 Å². The van der Waals surface area contributed by atoms with E-state index >= 15 is 0 Å². The first kappa shape index (κ1) is 15.9. The average molecular weight is 272 g/mol. The van der Waals surface area contributed by atoms with E-state index in [1.807, 2.05) is 13.8 Å². The molecule has 6 nitrogen and oxygen atoms in total. The SMILES string of the molecule is CCC(C)NCC(=O)NCC1(C(=O)O)CCOCC1. The molecule has 1 aliphatic rings. The van der Waals surface area contributed by atoms with E-state index in [1.54, 1.807) is 0 Å². The van der Waals surface area contributed by atoms with E-state index in [9.17, 15) is 14.7 Å². The third-order valence-electron chi connectivity index (χ3n) is 3.75. The van der Waals surface area contributed by atoms with Crippen molar-refractivity contribution in [2.24, 2.45) is 5.41 Å². The molecule has 1 atom stereocenters. The lowest BCUT2D eigenvalue weighted by Crippen LogP contribution is -2.48. The van der Waals surface area contributed by atoms with Gasteiger partial charge in [0, 0.05) is 25.8 Å². The molecule has 1 amide bonds. The Balaban J connectivity index is 2.39. The van der Waals surface area contributed by atoms with Gasteiger partial charge in [0.25, 0.3) is 0 Å². The maximum atomic E-state index is 11.7. The van der Waals surface area contributed by atoms with Crippen molar-refractivity contribution in [1.29, 1.82) is 0 Å². The molecule has 0 aliphatic carbocycles. The molecule has 1 fully saturated rings. The molecule has 1 unspecified atom stereocenters. The van der Waals surface area contributed by atoms with Crippen molar-refractivity contribution in [3.63, 3.8) is 0 Å². The molecule has 110 valence electrons. The molecule has 6 heteroatoms. The van der Waals surface area contributed by atoms with Crippen LogP contribution in [0.25, 0.3) is 0 Å². The number of carbonyl (C=O) groups is 2. The molecule has 0 radical (unpaired) electrons. The van der Waals surface area contributed by atoms with E-state index in [2.05, 4.69) is 10.6 Å². The number of hydrogen-bond acceptors (Lipinski definition) is 4. The second kappa shape index (κ2) is 7.45. The summed E-state index contributed by atoms with van der Waals surface area (Å²) in [5.41, 5.74) is -0.871. The number of rotatable bonds is 7. The number of carboxylic acids is 1. The van der Waals surface area contributed by atoms with Crippen LogP contribution < -0.4 is 10.6 Å². The second-order valence-electron chi connectivity index (χ2n) is 5.16. The summed E-state index contributed by atoms with van der Waals surface area (Å²) >= 11 is 0. The summed E-state index contributed by atoms with van der Waals surface area (Å²) in [7, 11) is 0. The van der Waals surface area contributed by atoms with E-state index in [0.717, 1.165) is 6.42 Å². The van der Waals surface area contributed by atoms with Crippen LogP contribution >= 0.6 is 0 Å². The molecule has 0 aromatic rings. The van der Waals surface area contributed by atoms with Gasteiger partial charge in [-0.3, -0.25) is 9.59 Å². The lowest BCUT2D eigenvalue weighted by molar-refractivity contribution is -0.154. The first-order valence-corrected chi connectivity index (χ1v) is 6.81. The van der Waals surface area contributed by atoms with Crippen molar-refractivity contribution < 1.29 is 19.4 Å². The maximum Gasteiger partial charge on any atom is 0.311 e. The molecule has 1 saturated heterocycles. The second-order valence-corrected chi connectivity index (χ2v) is 5.16. The summed E-state index contributed by atoms with van der Waals surface area (Å²) in [4.78, 5) is 23.1. The van der Waals surface area contributed by atoms with Crippen LogP contribution in [0, 0.1) is 5.41 Å². The summed E-state index contributed by atoms with van der Waals surface area (Å²) in [6.07, 6.45) is 1.84. The van der Waals surface area contributed by atoms with Gasteiger partial charge in [-0.05, 0) is 26.2 Å². The van der Waals surface area contributed by atoms with Crippen molar-refractivity contribution >= 4 is 11.9 Å². The molecule has 1 aliphatic heterocycles. The summed E-state index contributed by atoms with van der Waals surface area (Å²) < 4.78 is 5.19. The molecule has 0 aromatic carbocycles. The van der Waals surface area contributed by atoms with Gasteiger partial charge in [0.15, 0.2) is 0 Å². The predicted molar refractivity (Wildman–Crippen MR) is 70.9 cm³/mol. The summed E-state index contributed by atoms with van der Waals surface area (Å²) in [6.45, 7) is 5.32. The highest BCUT2D eigenvalue weighted by Gasteiger charge is 2.40. The minimum atomic E-state index is -0.871. The van der Waals surface area contributed by atoms with E-state index in [4.69, 9.17) is 4.74 Å². The maximum absolute atomic E-state index is 11.7. The van der Waals surface area contributed by atoms with Crippen molar-refractivity contribution in [2.45, 2.75) is 39.2 Å². The third-order valence-corrected chi connectivity index (χ3v) is 3.75. The Labute approximate surface area is 113 Å². The average Bonchev–Trinajstić information content (AvgIpc) is 2.43. The van der Waals surface area contributed by atoms with Crippen molar-refractivity contribution in [3.05, 3.63) is 0 Å². The Hall–Kier alpha value is -1.14. The normalized spacial score (nSPS) is 19.7. The van der Waals surface area contributed by atoms with Gasteiger partial charge < -0.3 is 20.5 Å². The Kier molecular flexibility index (Phi) is 6.24. The number of amides is 1. The lowest BCUT2D eigenvalue weighted by atomic mass is 9.80. The van der Waals surface area contributed by atoms with Gasteiger partial charge in [-0.2, -0.15) is 0 Å². The minimum absolute atomic E-state index is 0.160. The van der Waals surface area contributed by atoms with Gasteiger partial charge in [-0.1, -0.05) is 6.92 Å². The minimum Gasteiger partial charge on any atom is -0.481 e. The Bertz CT molecular complexity index is 314. The summed E-state index contributed by atoms with van der Waals surface area (Å²) in [5, 5.41) is 15.1. The molecule has 0 spiro atoms. The molecule has 0 saturated carbocycles. The van der Waals surface area contributed by atoms with E-state index in [1.165, 1.54) is 0 Å². The highest BCUT2D eigenvalue weighted by Crippen LogP contribution is 2.29. The molecule has 1 rings (SSSR count). The molecule has 0 bridgehead atoms. The molecule has 0 aromatic heterocycles.